The van der Waals surface area contributed by atoms with Gasteiger partial charge in [0.2, 0.25) is 0 Å². The van der Waals surface area contributed by atoms with Crippen LogP contribution in [0.3, 0.4) is 0 Å². The number of pyridine rings is 1. The lowest BCUT2D eigenvalue weighted by molar-refractivity contribution is 0.319. The van der Waals surface area contributed by atoms with Crippen LogP contribution >= 0.6 is 0 Å². The number of imidazole rings is 1. The molecule has 1 aromatic carbocycles. The third kappa shape index (κ3) is 3.70. The van der Waals surface area contributed by atoms with E-state index in [2.05, 4.69) is 70.1 Å². The van der Waals surface area contributed by atoms with E-state index in [1.807, 2.05) is 18.6 Å². The Morgan fingerprint density at radius 1 is 1.12 bits per heavy atom. The first-order valence-electron chi connectivity index (χ1n) is 9.46. The zero-order valence-electron chi connectivity index (χ0n) is 15.5. The molecule has 4 nitrogen and oxygen atoms in total. The Balaban J connectivity index is 1.47. The molecule has 4 heteroatoms. The maximum atomic E-state index is 4.61. The lowest BCUT2D eigenvalue weighted by atomic mass is 9.96. The van der Waals surface area contributed by atoms with Crippen molar-refractivity contribution in [2.45, 2.75) is 38.6 Å². The van der Waals surface area contributed by atoms with Gasteiger partial charge in [-0.3, -0.25) is 9.88 Å². The first-order valence-corrected chi connectivity index (χ1v) is 9.46. The lowest BCUT2D eigenvalue weighted by Crippen LogP contribution is -2.20. The molecule has 0 saturated carbocycles. The van der Waals surface area contributed by atoms with Gasteiger partial charge in [-0.2, -0.15) is 0 Å². The standard InChI is InChI=1S/C22H26N4/c1-16(2)17-3-5-18(6-4-17)21-13-19(7-9-23-21)20-8-12-26(14-20)15-22-24-10-11-25-22/h3-7,9-11,13,16,20H,8,12,14-15H2,1-2H3,(H,24,25)/t20-/m0/s1. The van der Waals surface area contributed by atoms with E-state index in [1.165, 1.54) is 23.1 Å². The van der Waals surface area contributed by atoms with Gasteiger partial charge in [-0.1, -0.05) is 38.1 Å². The Morgan fingerprint density at radius 3 is 2.69 bits per heavy atom. The van der Waals surface area contributed by atoms with Crippen molar-refractivity contribution in [2.75, 3.05) is 13.1 Å². The number of benzene rings is 1. The van der Waals surface area contributed by atoms with E-state index in [4.69, 9.17) is 0 Å². The van der Waals surface area contributed by atoms with Crippen molar-refractivity contribution in [3.63, 3.8) is 0 Å². The Hall–Kier alpha value is -2.46. The molecular formula is C22H26N4. The highest BCUT2D eigenvalue weighted by Gasteiger charge is 2.24. The van der Waals surface area contributed by atoms with Crippen molar-refractivity contribution in [3.8, 4) is 11.3 Å². The summed E-state index contributed by atoms with van der Waals surface area (Å²) >= 11 is 0. The number of likely N-dealkylation sites (tertiary alicyclic amines) is 1. The van der Waals surface area contributed by atoms with Gasteiger partial charge in [-0.15, -0.1) is 0 Å². The van der Waals surface area contributed by atoms with Crippen molar-refractivity contribution >= 4 is 0 Å². The van der Waals surface area contributed by atoms with Crippen molar-refractivity contribution in [1.82, 2.24) is 19.9 Å². The maximum Gasteiger partial charge on any atom is 0.120 e. The Kier molecular flexibility index (Phi) is 4.85. The number of hydrogen-bond donors (Lipinski definition) is 1. The molecule has 1 aliphatic heterocycles. The summed E-state index contributed by atoms with van der Waals surface area (Å²) in [6.07, 6.45) is 6.86. The van der Waals surface area contributed by atoms with E-state index in [0.717, 1.165) is 31.2 Å². The third-order valence-electron chi connectivity index (χ3n) is 5.33. The molecule has 0 radical (unpaired) electrons. The molecule has 0 aliphatic carbocycles. The Morgan fingerprint density at radius 2 is 1.96 bits per heavy atom. The summed E-state index contributed by atoms with van der Waals surface area (Å²) in [5, 5.41) is 0. The second-order valence-corrected chi connectivity index (χ2v) is 7.51. The van der Waals surface area contributed by atoms with Gasteiger partial charge in [0.25, 0.3) is 0 Å². The molecule has 134 valence electrons. The van der Waals surface area contributed by atoms with Crippen LogP contribution in [0.25, 0.3) is 11.3 Å². The smallest absolute Gasteiger partial charge is 0.120 e. The molecule has 0 bridgehead atoms. The highest BCUT2D eigenvalue weighted by molar-refractivity contribution is 5.60. The number of aromatic nitrogens is 3. The number of H-pyrrole nitrogens is 1. The SMILES string of the molecule is CC(C)c1ccc(-c2cc([C@H]3CCN(Cc4ncc[nH]4)C3)ccn2)cc1. The summed E-state index contributed by atoms with van der Waals surface area (Å²) in [7, 11) is 0. The van der Waals surface area contributed by atoms with Crippen LogP contribution in [-0.2, 0) is 6.54 Å². The third-order valence-corrected chi connectivity index (χ3v) is 5.33. The summed E-state index contributed by atoms with van der Waals surface area (Å²) in [6, 6.07) is 13.3. The normalized spacial score (nSPS) is 17.9. The van der Waals surface area contributed by atoms with E-state index >= 15 is 0 Å². The Labute approximate surface area is 155 Å². The topological polar surface area (TPSA) is 44.8 Å². The summed E-state index contributed by atoms with van der Waals surface area (Å²) in [5.74, 6) is 2.18. The minimum atomic E-state index is 0.557. The number of nitrogens with one attached hydrogen (secondary N) is 1. The van der Waals surface area contributed by atoms with Gasteiger partial charge in [0, 0.05) is 30.7 Å². The van der Waals surface area contributed by atoms with Gasteiger partial charge in [0.15, 0.2) is 0 Å². The number of aromatic amines is 1. The predicted molar refractivity (Wildman–Crippen MR) is 105 cm³/mol. The molecule has 26 heavy (non-hydrogen) atoms. The van der Waals surface area contributed by atoms with E-state index < -0.39 is 0 Å². The quantitative estimate of drug-likeness (QED) is 0.735. The number of nitrogens with zero attached hydrogens (tertiary/aromatic N) is 3. The fourth-order valence-electron chi connectivity index (χ4n) is 3.74. The van der Waals surface area contributed by atoms with E-state index in [-0.39, 0.29) is 0 Å². The first-order chi connectivity index (χ1) is 12.7. The van der Waals surface area contributed by atoms with Gasteiger partial charge in [-0.25, -0.2) is 4.98 Å². The first kappa shape index (κ1) is 17.0. The van der Waals surface area contributed by atoms with Gasteiger partial charge in [-0.05, 0) is 48.1 Å². The van der Waals surface area contributed by atoms with Gasteiger partial charge >= 0.3 is 0 Å². The van der Waals surface area contributed by atoms with E-state index in [0.29, 0.717) is 11.8 Å². The van der Waals surface area contributed by atoms with Crippen molar-refractivity contribution in [1.29, 1.82) is 0 Å². The minimum Gasteiger partial charge on any atom is -0.348 e. The second-order valence-electron chi connectivity index (χ2n) is 7.51. The van der Waals surface area contributed by atoms with Crippen LogP contribution in [0, 0.1) is 0 Å². The molecule has 0 spiro atoms. The molecule has 0 amide bonds. The monoisotopic (exact) mass is 346 g/mol. The van der Waals surface area contributed by atoms with Crippen LogP contribution in [0.2, 0.25) is 0 Å². The van der Waals surface area contributed by atoms with Crippen molar-refractivity contribution < 1.29 is 0 Å². The molecule has 2 aromatic heterocycles. The van der Waals surface area contributed by atoms with Gasteiger partial charge in [0.1, 0.15) is 5.82 Å². The van der Waals surface area contributed by atoms with Crippen LogP contribution in [0.5, 0.6) is 0 Å². The maximum absolute atomic E-state index is 4.61. The zero-order chi connectivity index (χ0) is 17.9. The molecule has 4 rings (SSSR count). The molecule has 1 fully saturated rings. The highest BCUT2D eigenvalue weighted by atomic mass is 15.2. The summed E-state index contributed by atoms with van der Waals surface area (Å²) < 4.78 is 0. The van der Waals surface area contributed by atoms with Crippen LogP contribution in [0.4, 0.5) is 0 Å². The summed E-state index contributed by atoms with van der Waals surface area (Å²) in [6.45, 7) is 7.55. The van der Waals surface area contributed by atoms with Crippen LogP contribution < -0.4 is 0 Å². The molecular weight excluding hydrogens is 320 g/mol. The number of rotatable bonds is 5. The largest absolute Gasteiger partial charge is 0.348 e. The Bertz CT molecular complexity index is 837. The van der Waals surface area contributed by atoms with Crippen molar-refractivity contribution in [2.24, 2.45) is 0 Å². The zero-order valence-corrected chi connectivity index (χ0v) is 15.5. The number of hydrogen-bond acceptors (Lipinski definition) is 3. The molecule has 1 aliphatic rings. The second kappa shape index (κ2) is 7.42. The van der Waals surface area contributed by atoms with Crippen LogP contribution in [0.15, 0.2) is 55.0 Å². The lowest BCUT2D eigenvalue weighted by Gasteiger charge is -2.15. The molecule has 1 saturated heterocycles. The minimum absolute atomic E-state index is 0.557. The van der Waals surface area contributed by atoms with Crippen LogP contribution in [0.1, 0.15) is 49.1 Å². The van der Waals surface area contributed by atoms with Gasteiger partial charge < -0.3 is 4.98 Å². The van der Waals surface area contributed by atoms with Crippen molar-refractivity contribution in [3.05, 3.63) is 71.9 Å². The molecule has 3 heterocycles. The van der Waals surface area contributed by atoms with Crippen LogP contribution in [-0.4, -0.2) is 32.9 Å². The van der Waals surface area contributed by atoms with E-state index in [9.17, 15) is 0 Å². The fraction of sp³-hybridized carbons (Fsp3) is 0.364. The highest BCUT2D eigenvalue weighted by Crippen LogP contribution is 2.30. The summed E-state index contributed by atoms with van der Waals surface area (Å²) in [4.78, 5) is 14.6. The van der Waals surface area contributed by atoms with E-state index in [1.54, 1.807) is 0 Å². The molecule has 1 atom stereocenters. The predicted octanol–water partition coefficient (Wildman–Crippen LogP) is 4.58. The average Bonchev–Trinajstić information content (AvgIpc) is 3.34. The molecule has 1 N–H and O–H groups in total. The fourth-order valence-corrected chi connectivity index (χ4v) is 3.74. The van der Waals surface area contributed by atoms with Gasteiger partial charge in [0.05, 0.1) is 12.2 Å². The summed E-state index contributed by atoms with van der Waals surface area (Å²) in [5.41, 5.74) is 5.03. The molecule has 3 aromatic rings. The average molecular weight is 346 g/mol. The molecule has 0 unspecified atom stereocenters.